The fourth-order valence-corrected chi connectivity index (χ4v) is 1.90. The van der Waals surface area contributed by atoms with Crippen LogP contribution in [0.2, 0.25) is 0 Å². The van der Waals surface area contributed by atoms with Gasteiger partial charge in [-0.1, -0.05) is 6.92 Å². The van der Waals surface area contributed by atoms with Gasteiger partial charge in [-0.15, -0.1) is 11.3 Å². The second-order valence-corrected chi connectivity index (χ2v) is 3.47. The summed E-state index contributed by atoms with van der Waals surface area (Å²) in [6, 6.07) is 2.10. The van der Waals surface area contributed by atoms with Crippen molar-refractivity contribution in [1.29, 1.82) is 5.26 Å². The highest BCUT2D eigenvalue weighted by molar-refractivity contribution is 7.11. The topological polar surface area (TPSA) is 36.7 Å². The second-order valence-electron chi connectivity index (χ2n) is 2.30. The molecule has 1 rings (SSSR count). The van der Waals surface area contributed by atoms with E-state index in [1.165, 1.54) is 4.88 Å². The summed E-state index contributed by atoms with van der Waals surface area (Å²) in [6.45, 7) is 4.10. The molecule has 0 aliphatic carbocycles. The smallest absolute Gasteiger partial charge is 0.107 e. The maximum Gasteiger partial charge on any atom is 0.107 e. The Hall–Kier alpha value is -0.880. The lowest BCUT2D eigenvalue weighted by molar-refractivity contribution is 1.08. The van der Waals surface area contributed by atoms with Crippen molar-refractivity contribution in [2.45, 2.75) is 26.7 Å². The van der Waals surface area contributed by atoms with Crippen molar-refractivity contribution in [3.05, 3.63) is 15.6 Å². The van der Waals surface area contributed by atoms with Gasteiger partial charge in [0.05, 0.1) is 18.2 Å². The number of aryl methyl sites for hydroxylation is 2. The molecule has 0 N–H and O–H groups in total. The van der Waals surface area contributed by atoms with Crippen molar-refractivity contribution in [2.75, 3.05) is 0 Å². The van der Waals surface area contributed by atoms with E-state index in [1.54, 1.807) is 11.3 Å². The van der Waals surface area contributed by atoms with E-state index in [-0.39, 0.29) is 0 Å². The molecule has 0 aromatic carbocycles. The zero-order chi connectivity index (χ0) is 8.27. The van der Waals surface area contributed by atoms with Crippen molar-refractivity contribution < 1.29 is 0 Å². The van der Waals surface area contributed by atoms with Crippen LogP contribution in [0.25, 0.3) is 0 Å². The van der Waals surface area contributed by atoms with E-state index in [4.69, 9.17) is 5.26 Å². The number of aromatic nitrogens is 1. The van der Waals surface area contributed by atoms with Crippen LogP contribution in [-0.4, -0.2) is 4.98 Å². The van der Waals surface area contributed by atoms with Crippen LogP contribution in [0, 0.1) is 18.3 Å². The van der Waals surface area contributed by atoms with Crippen LogP contribution in [0.15, 0.2) is 0 Å². The zero-order valence-corrected chi connectivity index (χ0v) is 7.53. The van der Waals surface area contributed by atoms with Crippen LogP contribution < -0.4 is 0 Å². The van der Waals surface area contributed by atoms with Crippen molar-refractivity contribution in [2.24, 2.45) is 0 Å². The van der Waals surface area contributed by atoms with E-state index in [0.717, 1.165) is 17.1 Å². The highest BCUT2D eigenvalue weighted by Gasteiger charge is 2.03. The minimum absolute atomic E-state index is 0.450. The predicted molar refractivity (Wildman–Crippen MR) is 45.5 cm³/mol. The SMILES string of the molecule is CCc1sc(CC#N)nc1C. The second kappa shape index (κ2) is 3.49. The Labute approximate surface area is 70.5 Å². The lowest BCUT2D eigenvalue weighted by atomic mass is 10.3. The first-order valence-corrected chi connectivity index (χ1v) is 4.41. The number of hydrogen-bond donors (Lipinski definition) is 0. The lowest BCUT2D eigenvalue weighted by Gasteiger charge is -1.85. The van der Waals surface area contributed by atoms with Gasteiger partial charge in [0.2, 0.25) is 0 Å². The monoisotopic (exact) mass is 166 g/mol. The molecule has 1 aromatic rings. The molecule has 0 aliphatic heterocycles. The standard InChI is InChI=1S/C8H10N2S/c1-3-7-6(2)10-8(11-7)4-5-9/h3-4H2,1-2H3. The molecular formula is C8H10N2S. The van der Waals surface area contributed by atoms with Crippen molar-refractivity contribution in [3.63, 3.8) is 0 Å². The third kappa shape index (κ3) is 1.78. The summed E-state index contributed by atoms with van der Waals surface area (Å²) >= 11 is 1.65. The largest absolute Gasteiger partial charge is 0.245 e. The third-order valence-electron chi connectivity index (χ3n) is 1.49. The molecule has 0 radical (unpaired) electrons. The first-order chi connectivity index (χ1) is 5.27. The summed E-state index contributed by atoms with van der Waals surface area (Å²) < 4.78 is 0. The van der Waals surface area contributed by atoms with Gasteiger partial charge >= 0.3 is 0 Å². The quantitative estimate of drug-likeness (QED) is 0.674. The van der Waals surface area contributed by atoms with Crippen LogP contribution >= 0.6 is 11.3 Å². The number of nitrogens with zero attached hydrogens (tertiary/aromatic N) is 2. The average molecular weight is 166 g/mol. The Morgan fingerprint density at radius 2 is 2.36 bits per heavy atom. The molecule has 2 nitrogen and oxygen atoms in total. The van der Waals surface area contributed by atoms with Gasteiger partial charge < -0.3 is 0 Å². The zero-order valence-electron chi connectivity index (χ0n) is 6.72. The molecule has 0 saturated heterocycles. The van der Waals surface area contributed by atoms with Gasteiger partial charge in [-0.2, -0.15) is 5.26 Å². The number of thiazole rings is 1. The third-order valence-corrected chi connectivity index (χ3v) is 2.79. The van der Waals surface area contributed by atoms with Crippen LogP contribution in [0.1, 0.15) is 22.5 Å². The van der Waals surface area contributed by atoms with Gasteiger partial charge in [0.15, 0.2) is 0 Å². The van der Waals surface area contributed by atoms with Crippen LogP contribution in [0.4, 0.5) is 0 Å². The van der Waals surface area contributed by atoms with E-state index < -0.39 is 0 Å². The highest BCUT2D eigenvalue weighted by atomic mass is 32.1. The molecular weight excluding hydrogens is 156 g/mol. The van der Waals surface area contributed by atoms with E-state index in [0.29, 0.717) is 6.42 Å². The summed E-state index contributed by atoms with van der Waals surface area (Å²) in [5.74, 6) is 0. The minimum Gasteiger partial charge on any atom is -0.245 e. The number of nitriles is 1. The Bertz CT molecular complexity index is 283. The summed E-state index contributed by atoms with van der Waals surface area (Å²) in [6.07, 6.45) is 1.47. The van der Waals surface area contributed by atoms with Crippen LogP contribution in [0.5, 0.6) is 0 Å². The van der Waals surface area contributed by atoms with Crippen molar-refractivity contribution in [3.8, 4) is 6.07 Å². The first-order valence-electron chi connectivity index (χ1n) is 3.60. The lowest BCUT2D eigenvalue weighted by Crippen LogP contribution is -1.79. The molecule has 0 saturated carbocycles. The molecule has 0 bridgehead atoms. The maximum absolute atomic E-state index is 8.41. The van der Waals surface area contributed by atoms with E-state index in [9.17, 15) is 0 Å². The van der Waals surface area contributed by atoms with Crippen molar-refractivity contribution in [1.82, 2.24) is 4.98 Å². The fourth-order valence-electron chi connectivity index (χ4n) is 0.960. The molecule has 0 atom stereocenters. The van der Waals surface area contributed by atoms with Gasteiger partial charge in [0.1, 0.15) is 5.01 Å². The summed E-state index contributed by atoms with van der Waals surface area (Å²) in [5, 5.41) is 9.36. The Balaban J connectivity index is 2.88. The average Bonchev–Trinajstić information content (AvgIpc) is 2.32. The Kier molecular flexibility index (Phi) is 2.61. The molecule has 11 heavy (non-hydrogen) atoms. The molecule has 3 heteroatoms. The van der Waals surface area contributed by atoms with Gasteiger partial charge in [-0.25, -0.2) is 4.98 Å². The molecule has 1 aromatic heterocycles. The van der Waals surface area contributed by atoms with Gasteiger partial charge in [-0.3, -0.25) is 0 Å². The number of rotatable bonds is 2. The summed E-state index contributed by atoms with van der Waals surface area (Å²) in [5.41, 5.74) is 1.09. The van der Waals surface area contributed by atoms with Gasteiger partial charge in [-0.05, 0) is 13.3 Å². The van der Waals surface area contributed by atoms with Crippen LogP contribution in [-0.2, 0) is 12.8 Å². The van der Waals surface area contributed by atoms with E-state index >= 15 is 0 Å². The highest BCUT2D eigenvalue weighted by Crippen LogP contribution is 2.18. The molecule has 0 unspecified atom stereocenters. The molecule has 0 fully saturated rings. The van der Waals surface area contributed by atoms with E-state index in [1.807, 2.05) is 6.92 Å². The van der Waals surface area contributed by atoms with E-state index in [2.05, 4.69) is 18.0 Å². The van der Waals surface area contributed by atoms with Crippen LogP contribution in [0.3, 0.4) is 0 Å². The molecule has 0 spiro atoms. The number of hydrogen-bond acceptors (Lipinski definition) is 3. The fraction of sp³-hybridized carbons (Fsp3) is 0.500. The van der Waals surface area contributed by atoms with Gasteiger partial charge in [0.25, 0.3) is 0 Å². The van der Waals surface area contributed by atoms with Crippen molar-refractivity contribution >= 4 is 11.3 Å². The Morgan fingerprint density at radius 3 is 2.82 bits per heavy atom. The molecule has 1 heterocycles. The Morgan fingerprint density at radius 1 is 1.64 bits per heavy atom. The normalized spacial score (nSPS) is 9.55. The first kappa shape index (κ1) is 8.22. The molecule has 0 aliphatic rings. The van der Waals surface area contributed by atoms with Gasteiger partial charge in [0, 0.05) is 4.88 Å². The molecule has 58 valence electrons. The summed E-state index contributed by atoms with van der Waals surface area (Å²) in [7, 11) is 0. The summed E-state index contributed by atoms with van der Waals surface area (Å²) in [4.78, 5) is 5.57. The minimum atomic E-state index is 0.450. The molecule has 0 amide bonds. The maximum atomic E-state index is 8.41. The predicted octanol–water partition coefficient (Wildman–Crippen LogP) is 2.08.